The van der Waals surface area contributed by atoms with Gasteiger partial charge in [-0.15, -0.1) is 0 Å². The van der Waals surface area contributed by atoms with Gasteiger partial charge in [0, 0.05) is 29.7 Å². The summed E-state index contributed by atoms with van der Waals surface area (Å²) in [7, 11) is 1.55. The predicted octanol–water partition coefficient (Wildman–Crippen LogP) is 3.46. The van der Waals surface area contributed by atoms with Gasteiger partial charge >= 0.3 is 11.7 Å². The second-order valence-electron chi connectivity index (χ2n) is 8.63. The first kappa shape index (κ1) is 21.5. The van der Waals surface area contributed by atoms with E-state index in [2.05, 4.69) is 10.3 Å². The minimum absolute atomic E-state index is 0.205. The minimum atomic E-state index is -0.790. The molecule has 2 aliphatic rings. The number of rotatable bonds is 3. The normalized spacial score (nSPS) is 15.6. The van der Waals surface area contributed by atoms with E-state index in [0.29, 0.717) is 39.3 Å². The molecule has 3 aromatic carbocycles. The van der Waals surface area contributed by atoms with E-state index in [-0.39, 0.29) is 17.1 Å². The van der Waals surface area contributed by atoms with Gasteiger partial charge in [0.1, 0.15) is 11.6 Å². The maximum absolute atomic E-state index is 13.6. The van der Waals surface area contributed by atoms with E-state index < -0.39 is 23.1 Å². The maximum atomic E-state index is 13.6. The standard InChI is InChI=1S/C28H19N3O5/c1-31-25-22(26(33)30-28(31)35)20(21-23(29-25)18-12-5-6-13-19(18)24(21)32)16-10-7-11-17(14-16)36-27(34)15-8-3-2-4-9-15/h2-14,20,29H,1H3,(H,30,33,35). The van der Waals surface area contributed by atoms with Crippen LogP contribution >= 0.6 is 0 Å². The van der Waals surface area contributed by atoms with E-state index in [9.17, 15) is 19.2 Å². The summed E-state index contributed by atoms with van der Waals surface area (Å²) in [4.78, 5) is 54.0. The number of nitrogens with one attached hydrogen (secondary N) is 2. The number of allylic oxidation sites excluding steroid dienone is 1. The van der Waals surface area contributed by atoms with Crippen LogP contribution in [-0.2, 0) is 7.05 Å². The van der Waals surface area contributed by atoms with Gasteiger partial charge in [0.05, 0.1) is 16.8 Å². The minimum Gasteiger partial charge on any atom is -0.423 e. The number of benzene rings is 3. The summed E-state index contributed by atoms with van der Waals surface area (Å²) in [5.41, 5.74) is 2.23. The summed E-state index contributed by atoms with van der Waals surface area (Å²) < 4.78 is 6.91. The fourth-order valence-electron chi connectivity index (χ4n) is 4.86. The lowest BCUT2D eigenvalue weighted by molar-refractivity contribution is 0.0734. The van der Waals surface area contributed by atoms with Crippen molar-refractivity contribution >= 4 is 23.3 Å². The second kappa shape index (κ2) is 8.06. The van der Waals surface area contributed by atoms with Gasteiger partial charge in [-0.3, -0.25) is 19.1 Å². The van der Waals surface area contributed by atoms with Gasteiger partial charge in [0.25, 0.3) is 5.56 Å². The summed E-state index contributed by atoms with van der Waals surface area (Å²) >= 11 is 0. The quantitative estimate of drug-likeness (QED) is 0.346. The van der Waals surface area contributed by atoms with Crippen LogP contribution in [0.1, 0.15) is 43.3 Å². The number of nitrogens with zero attached hydrogens (tertiary/aromatic N) is 1. The first-order valence-electron chi connectivity index (χ1n) is 11.3. The van der Waals surface area contributed by atoms with E-state index in [1.807, 2.05) is 12.1 Å². The summed E-state index contributed by atoms with van der Waals surface area (Å²) in [5.74, 6) is -0.940. The molecule has 0 spiro atoms. The molecule has 8 heteroatoms. The van der Waals surface area contributed by atoms with Gasteiger partial charge in [-0.2, -0.15) is 0 Å². The van der Waals surface area contributed by atoms with Crippen LogP contribution in [0.4, 0.5) is 5.82 Å². The number of aromatic nitrogens is 2. The molecule has 1 unspecified atom stereocenters. The van der Waals surface area contributed by atoms with Crippen LogP contribution in [-0.4, -0.2) is 21.3 Å². The number of ether oxygens (including phenoxy) is 1. The molecule has 8 nitrogen and oxygen atoms in total. The average Bonchev–Trinajstić information content (AvgIpc) is 3.18. The third kappa shape index (κ3) is 3.23. The van der Waals surface area contributed by atoms with Crippen molar-refractivity contribution in [2.75, 3.05) is 5.32 Å². The highest BCUT2D eigenvalue weighted by Crippen LogP contribution is 2.48. The Morgan fingerprint density at radius 2 is 1.61 bits per heavy atom. The van der Waals surface area contributed by atoms with Gasteiger partial charge < -0.3 is 10.1 Å². The number of aromatic amines is 1. The Hall–Kier alpha value is -4.98. The molecule has 176 valence electrons. The topological polar surface area (TPSA) is 110 Å². The van der Waals surface area contributed by atoms with E-state index in [4.69, 9.17) is 4.74 Å². The highest BCUT2D eigenvalue weighted by atomic mass is 16.5. The molecule has 0 saturated carbocycles. The van der Waals surface area contributed by atoms with Gasteiger partial charge in [0.15, 0.2) is 5.78 Å². The molecule has 0 saturated heterocycles. The molecule has 4 aromatic rings. The highest BCUT2D eigenvalue weighted by molar-refractivity contribution is 6.23. The third-order valence-corrected chi connectivity index (χ3v) is 6.55. The molecule has 0 fully saturated rings. The predicted molar refractivity (Wildman–Crippen MR) is 133 cm³/mol. The zero-order valence-corrected chi connectivity index (χ0v) is 19.1. The largest absolute Gasteiger partial charge is 0.423 e. The molecule has 1 aliphatic carbocycles. The first-order chi connectivity index (χ1) is 17.4. The Labute approximate surface area is 204 Å². The van der Waals surface area contributed by atoms with Crippen molar-refractivity contribution in [3.63, 3.8) is 0 Å². The lowest BCUT2D eigenvalue weighted by Gasteiger charge is -2.29. The number of hydrogen-bond donors (Lipinski definition) is 2. The van der Waals surface area contributed by atoms with Gasteiger partial charge in [0.2, 0.25) is 0 Å². The summed E-state index contributed by atoms with van der Waals surface area (Å²) in [6, 6.07) is 22.5. The summed E-state index contributed by atoms with van der Waals surface area (Å²) in [6.07, 6.45) is 0. The number of hydrogen-bond acceptors (Lipinski definition) is 6. The fourth-order valence-corrected chi connectivity index (χ4v) is 4.86. The number of ketones is 1. The fraction of sp³-hybridized carbons (Fsp3) is 0.0714. The molecule has 2 heterocycles. The molecular formula is C28H19N3O5. The SMILES string of the molecule is Cn1c2c(c(=O)[nH]c1=O)C(c1cccc(OC(=O)c3ccccc3)c1)C1=C(N2)c2ccccc2C1=O. The molecule has 1 aromatic heterocycles. The third-order valence-electron chi connectivity index (χ3n) is 6.55. The van der Waals surface area contributed by atoms with Crippen LogP contribution in [0.25, 0.3) is 5.70 Å². The Kier molecular flexibility index (Phi) is 4.82. The van der Waals surface area contributed by atoms with Crippen LogP contribution in [0.15, 0.2) is 94.0 Å². The van der Waals surface area contributed by atoms with Crippen LogP contribution in [0.3, 0.4) is 0 Å². The lowest BCUT2D eigenvalue weighted by Crippen LogP contribution is -2.37. The van der Waals surface area contributed by atoms with Crippen molar-refractivity contribution in [1.29, 1.82) is 0 Å². The molecule has 2 N–H and O–H groups in total. The molecule has 0 bridgehead atoms. The summed E-state index contributed by atoms with van der Waals surface area (Å²) in [5, 5.41) is 3.18. The van der Waals surface area contributed by atoms with Crippen molar-refractivity contribution in [2.24, 2.45) is 7.05 Å². The van der Waals surface area contributed by atoms with E-state index in [1.54, 1.807) is 73.8 Å². The van der Waals surface area contributed by atoms with Crippen molar-refractivity contribution < 1.29 is 14.3 Å². The van der Waals surface area contributed by atoms with E-state index >= 15 is 0 Å². The Morgan fingerprint density at radius 3 is 2.39 bits per heavy atom. The number of anilines is 1. The average molecular weight is 477 g/mol. The van der Waals surface area contributed by atoms with Crippen LogP contribution in [0.2, 0.25) is 0 Å². The first-order valence-corrected chi connectivity index (χ1v) is 11.3. The van der Waals surface area contributed by atoms with Crippen molar-refractivity contribution in [3.05, 3.63) is 133 Å². The Balaban J connectivity index is 1.52. The van der Waals surface area contributed by atoms with Crippen molar-refractivity contribution in [2.45, 2.75) is 5.92 Å². The zero-order valence-electron chi connectivity index (χ0n) is 19.1. The van der Waals surface area contributed by atoms with E-state index in [0.717, 1.165) is 0 Å². The highest BCUT2D eigenvalue weighted by Gasteiger charge is 2.42. The molecule has 1 atom stereocenters. The monoisotopic (exact) mass is 477 g/mol. The molecular weight excluding hydrogens is 458 g/mol. The molecule has 0 amide bonds. The van der Waals surface area contributed by atoms with E-state index in [1.165, 1.54) is 4.57 Å². The lowest BCUT2D eigenvalue weighted by atomic mass is 9.81. The number of carbonyl (C=O) groups is 2. The van der Waals surface area contributed by atoms with Gasteiger partial charge in [-0.05, 0) is 29.8 Å². The zero-order chi connectivity index (χ0) is 25.0. The van der Waals surface area contributed by atoms with Crippen LogP contribution in [0.5, 0.6) is 5.75 Å². The molecule has 6 rings (SSSR count). The van der Waals surface area contributed by atoms with Crippen LogP contribution in [0, 0.1) is 0 Å². The van der Waals surface area contributed by atoms with Crippen molar-refractivity contribution in [3.8, 4) is 5.75 Å². The molecule has 0 radical (unpaired) electrons. The Bertz CT molecular complexity index is 1730. The Morgan fingerprint density at radius 1 is 0.889 bits per heavy atom. The second-order valence-corrected chi connectivity index (χ2v) is 8.63. The van der Waals surface area contributed by atoms with Crippen molar-refractivity contribution in [1.82, 2.24) is 9.55 Å². The number of Topliss-reactive ketones (excluding diaryl/α,β-unsaturated/α-hetero) is 1. The number of fused-ring (bicyclic) bond motifs is 3. The smallest absolute Gasteiger partial charge is 0.343 e. The summed E-state index contributed by atoms with van der Waals surface area (Å²) in [6.45, 7) is 0. The molecule has 36 heavy (non-hydrogen) atoms. The number of carbonyl (C=O) groups excluding carboxylic acids is 2. The number of H-pyrrole nitrogens is 1. The van der Waals surface area contributed by atoms with Crippen LogP contribution < -0.4 is 21.3 Å². The van der Waals surface area contributed by atoms with Gasteiger partial charge in [-0.25, -0.2) is 9.59 Å². The molecule has 1 aliphatic heterocycles. The number of esters is 1. The maximum Gasteiger partial charge on any atom is 0.343 e. The van der Waals surface area contributed by atoms with Gasteiger partial charge in [-0.1, -0.05) is 54.6 Å².